The van der Waals surface area contributed by atoms with E-state index in [-0.39, 0.29) is 4.70 Å². The highest BCUT2D eigenvalue weighted by Gasteiger charge is 2.43. The van der Waals surface area contributed by atoms with E-state index in [4.69, 9.17) is 4.74 Å². The molecule has 0 radical (unpaired) electrons. The third-order valence-corrected chi connectivity index (χ3v) is 3.42. The van der Waals surface area contributed by atoms with Crippen LogP contribution >= 0.6 is 0 Å². The van der Waals surface area contributed by atoms with Crippen LogP contribution in [0.25, 0.3) is 0 Å². The minimum atomic E-state index is 0. The van der Waals surface area contributed by atoms with E-state index in [0.717, 1.165) is 6.61 Å². The Labute approximate surface area is 106 Å². The average molecular weight is 247 g/mol. The van der Waals surface area contributed by atoms with Crippen LogP contribution in [-0.2, 0) is 4.74 Å². The largest absolute Gasteiger partial charge is 0.384 e. The van der Waals surface area contributed by atoms with E-state index in [1.165, 1.54) is 58.2 Å². The van der Waals surface area contributed by atoms with Gasteiger partial charge in [0, 0.05) is 19.1 Å². The maximum atomic E-state index is 5.28. The summed E-state index contributed by atoms with van der Waals surface area (Å²) in [6.07, 6.45) is 8.27. The van der Waals surface area contributed by atoms with Gasteiger partial charge in [-0.1, -0.05) is 26.7 Å². The Hall–Kier alpha value is -0.150. The highest BCUT2D eigenvalue weighted by atomic mass is 19.0. The van der Waals surface area contributed by atoms with Crippen molar-refractivity contribution in [1.29, 1.82) is 0 Å². The monoisotopic (exact) mass is 247 g/mol. The number of likely N-dealkylation sites (tertiary alicyclic amines) is 1. The van der Waals surface area contributed by atoms with Crippen molar-refractivity contribution in [3.63, 3.8) is 0 Å². The number of piperidine rings is 1. The molecule has 1 heterocycles. The van der Waals surface area contributed by atoms with Crippen LogP contribution < -0.4 is 0 Å². The molecule has 17 heavy (non-hydrogen) atoms. The summed E-state index contributed by atoms with van der Waals surface area (Å²) in [6, 6.07) is 0. The van der Waals surface area contributed by atoms with Crippen LogP contribution in [0.3, 0.4) is 0 Å². The average Bonchev–Trinajstić information content (AvgIpc) is 3.01. The third kappa shape index (κ3) is 6.37. The van der Waals surface area contributed by atoms with Crippen LogP contribution in [0, 0.1) is 5.41 Å². The molecule has 104 valence electrons. The maximum Gasteiger partial charge on any atom is 0.0530 e. The van der Waals surface area contributed by atoms with E-state index in [1.54, 1.807) is 0 Å². The molecule has 0 atom stereocenters. The second-order valence-corrected chi connectivity index (χ2v) is 5.48. The van der Waals surface area contributed by atoms with Crippen molar-refractivity contribution in [3.8, 4) is 0 Å². The van der Waals surface area contributed by atoms with Crippen molar-refractivity contribution in [2.45, 2.75) is 52.4 Å². The number of nitrogens with zero attached hydrogens (tertiary/aromatic N) is 1. The van der Waals surface area contributed by atoms with Crippen molar-refractivity contribution < 1.29 is 9.44 Å². The van der Waals surface area contributed by atoms with Crippen LogP contribution in [0.4, 0.5) is 4.70 Å². The van der Waals surface area contributed by atoms with Gasteiger partial charge in [0.25, 0.3) is 0 Å². The van der Waals surface area contributed by atoms with E-state index < -0.39 is 0 Å². The molecule has 0 aromatic heterocycles. The summed E-state index contributed by atoms with van der Waals surface area (Å²) in [5.74, 6) is 0. The summed E-state index contributed by atoms with van der Waals surface area (Å²) in [5.41, 5.74) is 0.562. The van der Waals surface area contributed by atoms with E-state index in [2.05, 4.69) is 18.7 Å². The molecule has 2 fully saturated rings. The fourth-order valence-corrected chi connectivity index (χ4v) is 2.42. The quantitative estimate of drug-likeness (QED) is 0.754. The highest BCUT2D eigenvalue weighted by Crippen LogP contribution is 2.46. The number of rotatable bonds is 4. The number of ether oxygens (including phenoxy) is 1. The number of methoxy groups -OCH3 is 1. The molecule has 0 N–H and O–H groups in total. The van der Waals surface area contributed by atoms with Gasteiger partial charge in [-0.15, -0.1) is 0 Å². The van der Waals surface area contributed by atoms with E-state index in [0.29, 0.717) is 5.41 Å². The van der Waals surface area contributed by atoms with Crippen LogP contribution in [0.1, 0.15) is 52.4 Å². The Morgan fingerprint density at radius 3 is 2.00 bits per heavy atom. The Bertz CT molecular complexity index is 177. The summed E-state index contributed by atoms with van der Waals surface area (Å²) in [7, 11) is 1.83. The molecule has 2 nitrogen and oxygen atoms in total. The Morgan fingerprint density at radius 2 is 1.59 bits per heavy atom. The van der Waals surface area contributed by atoms with Crippen LogP contribution in [0.15, 0.2) is 0 Å². The number of hydrogen-bond acceptors (Lipinski definition) is 2. The Kier molecular flexibility index (Phi) is 8.79. The summed E-state index contributed by atoms with van der Waals surface area (Å²) in [6.45, 7) is 9.17. The van der Waals surface area contributed by atoms with E-state index >= 15 is 0 Å². The molecule has 0 unspecified atom stereocenters. The predicted molar refractivity (Wildman–Crippen MR) is 72.3 cm³/mol. The molecule has 0 spiro atoms. The first-order chi connectivity index (χ1) is 7.76. The van der Waals surface area contributed by atoms with Gasteiger partial charge in [-0.3, -0.25) is 4.70 Å². The molecule has 0 aromatic rings. The van der Waals surface area contributed by atoms with Gasteiger partial charge in [-0.25, -0.2) is 0 Å². The molecular formula is C14H30FNO. The SMILES string of the molecule is CCC.COCC1(CN2CCCCC2)CC1.F. The van der Waals surface area contributed by atoms with Gasteiger partial charge in [0.2, 0.25) is 0 Å². The van der Waals surface area contributed by atoms with Gasteiger partial charge in [0.05, 0.1) is 6.61 Å². The summed E-state index contributed by atoms with van der Waals surface area (Å²) < 4.78 is 5.28. The fourth-order valence-electron chi connectivity index (χ4n) is 2.42. The van der Waals surface area contributed by atoms with Gasteiger partial charge in [0.1, 0.15) is 0 Å². The Balaban J connectivity index is 0.000000583. The molecule has 0 bridgehead atoms. The molecule has 1 saturated heterocycles. The van der Waals surface area contributed by atoms with Crippen molar-refractivity contribution in [3.05, 3.63) is 0 Å². The zero-order chi connectivity index (χ0) is 11.9. The first-order valence-corrected chi connectivity index (χ1v) is 6.97. The van der Waals surface area contributed by atoms with Gasteiger partial charge >= 0.3 is 0 Å². The van der Waals surface area contributed by atoms with Crippen molar-refractivity contribution in [1.82, 2.24) is 4.90 Å². The second kappa shape index (κ2) is 8.87. The van der Waals surface area contributed by atoms with Gasteiger partial charge < -0.3 is 9.64 Å². The summed E-state index contributed by atoms with van der Waals surface area (Å²) >= 11 is 0. The molecule has 1 aliphatic heterocycles. The number of hydrogen-bond donors (Lipinski definition) is 0. The molecule has 1 saturated carbocycles. The predicted octanol–water partition coefficient (Wildman–Crippen LogP) is 3.47. The highest BCUT2D eigenvalue weighted by molar-refractivity contribution is 4.95. The minimum Gasteiger partial charge on any atom is -0.384 e. The minimum absolute atomic E-state index is 0. The third-order valence-electron chi connectivity index (χ3n) is 3.42. The molecular weight excluding hydrogens is 217 g/mol. The molecule has 2 aliphatic rings. The Morgan fingerprint density at radius 1 is 1.06 bits per heavy atom. The maximum absolute atomic E-state index is 5.28. The topological polar surface area (TPSA) is 12.5 Å². The summed E-state index contributed by atoms with van der Waals surface area (Å²) in [5, 5.41) is 0. The van der Waals surface area contributed by atoms with Crippen molar-refractivity contribution in [2.24, 2.45) is 5.41 Å². The first kappa shape index (κ1) is 16.9. The fraction of sp³-hybridized carbons (Fsp3) is 1.00. The van der Waals surface area contributed by atoms with Crippen molar-refractivity contribution >= 4 is 0 Å². The lowest BCUT2D eigenvalue weighted by Gasteiger charge is -2.30. The second-order valence-electron chi connectivity index (χ2n) is 5.48. The lowest BCUT2D eigenvalue weighted by atomic mass is 10.1. The zero-order valence-corrected chi connectivity index (χ0v) is 11.8. The van der Waals surface area contributed by atoms with Gasteiger partial charge in [-0.2, -0.15) is 0 Å². The van der Waals surface area contributed by atoms with Crippen LogP contribution in [0.2, 0.25) is 0 Å². The van der Waals surface area contributed by atoms with Crippen molar-refractivity contribution in [2.75, 3.05) is 33.4 Å². The van der Waals surface area contributed by atoms with Crippen LogP contribution in [-0.4, -0.2) is 38.3 Å². The standard InChI is InChI=1S/C11H21NO.C3H8.FH/c1-13-10-11(5-6-11)9-12-7-3-2-4-8-12;1-3-2;/h2-10H2,1H3;3H2,1-2H3;1H. The zero-order valence-electron chi connectivity index (χ0n) is 11.8. The molecule has 3 heteroatoms. The normalized spacial score (nSPS) is 22.1. The van der Waals surface area contributed by atoms with Gasteiger partial charge in [0.15, 0.2) is 0 Å². The summed E-state index contributed by atoms with van der Waals surface area (Å²) in [4.78, 5) is 2.63. The van der Waals surface area contributed by atoms with Gasteiger partial charge in [-0.05, 0) is 38.8 Å². The molecule has 2 rings (SSSR count). The number of halogens is 1. The first-order valence-electron chi connectivity index (χ1n) is 6.97. The van der Waals surface area contributed by atoms with E-state index in [1.807, 2.05) is 7.11 Å². The molecule has 1 aliphatic carbocycles. The molecule has 0 aromatic carbocycles. The lowest BCUT2D eigenvalue weighted by molar-refractivity contribution is 0.1000. The van der Waals surface area contributed by atoms with E-state index in [9.17, 15) is 0 Å². The lowest BCUT2D eigenvalue weighted by Crippen LogP contribution is -2.36. The van der Waals surface area contributed by atoms with Crippen LogP contribution in [0.5, 0.6) is 0 Å². The smallest absolute Gasteiger partial charge is 0.0530 e. The molecule has 0 amide bonds.